The van der Waals surface area contributed by atoms with Crippen molar-refractivity contribution >= 4 is 23.0 Å². The predicted molar refractivity (Wildman–Crippen MR) is 87.8 cm³/mol. The van der Waals surface area contributed by atoms with Gasteiger partial charge >= 0.3 is 0 Å². The van der Waals surface area contributed by atoms with Crippen molar-refractivity contribution in [3.63, 3.8) is 0 Å². The standard InChI is InChI=1S/C16H22N4O/c1-4-20(5-2)14-8-6-13(7-9-14)18-16(21)15-10-12(17)11-19(15)3/h6-11H,4-5,17H2,1-3H3,(H,18,21). The van der Waals surface area contributed by atoms with Gasteiger partial charge in [0.2, 0.25) is 0 Å². The molecule has 0 radical (unpaired) electrons. The summed E-state index contributed by atoms with van der Waals surface area (Å²) in [5.41, 5.74) is 8.74. The fourth-order valence-corrected chi connectivity index (χ4v) is 2.36. The van der Waals surface area contributed by atoms with Crippen molar-refractivity contribution < 1.29 is 4.79 Å². The summed E-state index contributed by atoms with van der Waals surface area (Å²) in [5, 5.41) is 2.88. The van der Waals surface area contributed by atoms with Crippen molar-refractivity contribution in [3.05, 3.63) is 42.2 Å². The van der Waals surface area contributed by atoms with Crippen LogP contribution < -0.4 is 16.0 Å². The molecule has 0 fully saturated rings. The maximum absolute atomic E-state index is 12.2. The van der Waals surface area contributed by atoms with E-state index in [2.05, 4.69) is 24.1 Å². The number of nitrogens with zero attached hydrogens (tertiary/aromatic N) is 2. The van der Waals surface area contributed by atoms with Gasteiger partial charge in [-0.25, -0.2) is 0 Å². The Labute approximate surface area is 125 Å². The van der Waals surface area contributed by atoms with Gasteiger partial charge in [0.15, 0.2) is 0 Å². The minimum atomic E-state index is -0.162. The second kappa shape index (κ2) is 6.35. The van der Waals surface area contributed by atoms with Gasteiger partial charge in [0.05, 0.1) is 5.69 Å². The van der Waals surface area contributed by atoms with Gasteiger partial charge in [-0.15, -0.1) is 0 Å². The fourth-order valence-electron chi connectivity index (χ4n) is 2.36. The molecule has 112 valence electrons. The molecule has 0 saturated carbocycles. The molecule has 5 heteroatoms. The number of benzene rings is 1. The number of nitrogens with two attached hydrogens (primary N) is 1. The SMILES string of the molecule is CCN(CC)c1ccc(NC(=O)c2cc(N)cn2C)cc1. The van der Waals surface area contributed by atoms with E-state index in [1.54, 1.807) is 23.9 Å². The maximum atomic E-state index is 12.2. The molecule has 1 amide bonds. The van der Waals surface area contributed by atoms with Crippen LogP contribution in [0.5, 0.6) is 0 Å². The number of anilines is 3. The summed E-state index contributed by atoms with van der Waals surface area (Å²) in [5.74, 6) is -0.162. The Kier molecular flexibility index (Phi) is 4.52. The van der Waals surface area contributed by atoms with Gasteiger partial charge in [-0.2, -0.15) is 0 Å². The highest BCUT2D eigenvalue weighted by molar-refractivity contribution is 6.03. The van der Waals surface area contributed by atoms with Crippen molar-refractivity contribution in [1.29, 1.82) is 0 Å². The van der Waals surface area contributed by atoms with Crippen molar-refractivity contribution in [3.8, 4) is 0 Å². The van der Waals surface area contributed by atoms with Crippen LogP contribution in [-0.4, -0.2) is 23.6 Å². The molecule has 3 N–H and O–H groups in total. The summed E-state index contributed by atoms with van der Waals surface area (Å²) in [6.07, 6.45) is 1.72. The van der Waals surface area contributed by atoms with Gasteiger partial charge in [-0.1, -0.05) is 0 Å². The van der Waals surface area contributed by atoms with Crippen molar-refractivity contribution in [2.75, 3.05) is 29.0 Å². The molecule has 0 aliphatic heterocycles. The molecule has 5 nitrogen and oxygen atoms in total. The first-order chi connectivity index (χ1) is 10.0. The molecular formula is C16H22N4O. The summed E-state index contributed by atoms with van der Waals surface area (Å²) in [6, 6.07) is 9.53. The number of nitrogens with one attached hydrogen (secondary N) is 1. The van der Waals surface area contributed by atoms with Crippen LogP contribution in [0.1, 0.15) is 24.3 Å². The Balaban J connectivity index is 2.10. The third-order valence-corrected chi connectivity index (χ3v) is 3.51. The Morgan fingerprint density at radius 1 is 1.24 bits per heavy atom. The summed E-state index contributed by atoms with van der Waals surface area (Å²) in [4.78, 5) is 14.4. The molecule has 21 heavy (non-hydrogen) atoms. The smallest absolute Gasteiger partial charge is 0.272 e. The Hall–Kier alpha value is -2.43. The molecule has 0 atom stereocenters. The van der Waals surface area contributed by atoms with E-state index in [1.807, 2.05) is 24.3 Å². The average molecular weight is 286 g/mol. The van der Waals surface area contributed by atoms with E-state index in [0.29, 0.717) is 11.4 Å². The zero-order chi connectivity index (χ0) is 15.4. The highest BCUT2D eigenvalue weighted by Gasteiger charge is 2.11. The second-order valence-electron chi connectivity index (χ2n) is 4.94. The number of nitrogen functional groups attached to an aromatic ring is 1. The first-order valence-electron chi connectivity index (χ1n) is 7.13. The lowest BCUT2D eigenvalue weighted by molar-refractivity contribution is 0.101. The quantitative estimate of drug-likeness (QED) is 0.888. The van der Waals surface area contributed by atoms with Gasteiger partial charge in [0.1, 0.15) is 5.69 Å². The number of amides is 1. The zero-order valence-corrected chi connectivity index (χ0v) is 12.8. The molecule has 0 saturated heterocycles. The van der Waals surface area contributed by atoms with Crippen LogP contribution in [0.25, 0.3) is 0 Å². The van der Waals surface area contributed by atoms with Crippen LogP contribution in [-0.2, 0) is 7.05 Å². The van der Waals surface area contributed by atoms with Crippen molar-refractivity contribution in [1.82, 2.24) is 4.57 Å². The molecule has 0 aliphatic rings. The Morgan fingerprint density at radius 3 is 2.33 bits per heavy atom. The monoisotopic (exact) mass is 286 g/mol. The molecule has 0 unspecified atom stereocenters. The van der Waals surface area contributed by atoms with E-state index in [4.69, 9.17) is 5.73 Å². The maximum Gasteiger partial charge on any atom is 0.272 e. The van der Waals surface area contributed by atoms with Crippen LogP contribution in [0.3, 0.4) is 0 Å². The van der Waals surface area contributed by atoms with Crippen molar-refractivity contribution in [2.24, 2.45) is 7.05 Å². The minimum Gasteiger partial charge on any atom is -0.397 e. The lowest BCUT2D eigenvalue weighted by Gasteiger charge is -2.21. The first kappa shape index (κ1) is 15.0. The highest BCUT2D eigenvalue weighted by atomic mass is 16.1. The Bertz CT molecular complexity index is 612. The topological polar surface area (TPSA) is 63.3 Å². The van der Waals surface area contributed by atoms with Crippen LogP contribution in [0.15, 0.2) is 36.5 Å². The normalized spacial score (nSPS) is 10.4. The van der Waals surface area contributed by atoms with E-state index < -0.39 is 0 Å². The number of carbonyl (C=O) groups is 1. The third kappa shape index (κ3) is 3.37. The molecule has 0 aliphatic carbocycles. The number of hydrogen-bond acceptors (Lipinski definition) is 3. The molecule has 2 aromatic rings. The van der Waals surface area contributed by atoms with E-state index in [1.165, 1.54) is 0 Å². The van der Waals surface area contributed by atoms with E-state index >= 15 is 0 Å². The molecule has 1 heterocycles. The number of carbonyl (C=O) groups excluding carboxylic acids is 1. The molecule has 1 aromatic heterocycles. The number of aromatic nitrogens is 1. The van der Waals surface area contributed by atoms with Gasteiger partial charge in [0, 0.05) is 37.7 Å². The van der Waals surface area contributed by atoms with Crippen LogP contribution in [0, 0.1) is 0 Å². The van der Waals surface area contributed by atoms with E-state index in [0.717, 1.165) is 24.5 Å². The van der Waals surface area contributed by atoms with Gasteiger partial charge in [0.25, 0.3) is 5.91 Å². The van der Waals surface area contributed by atoms with Crippen molar-refractivity contribution in [2.45, 2.75) is 13.8 Å². The van der Waals surface area contributed by atoms with Gasteiger partial charge in [-0.3, -0.25) is 4.79 Å². The zero-order valence-electron chi connectivity index (χ0n) is 12.8. The largest absolute Gasteiger partial charge is 0.397 e. The predicted octanol–water partition coefficient (Wildman–Crippen LogP) is 2.71. The van der Waals surface area contributed by atoms with Gasteiger partial charge < -0.3 is 20.5 Å². The van der Waals surface area contributed by atoms with Crippen LogP contribution in [0.2, 0.25) is 0 Å². The molecular weight excluding hydrogens is 264 g/mol. The third-order valence-electron chi connectivity index (χ3n) is 3.51. The molecule has 0 bridgehead atoms. The number of aryl methyl sites for hydroxylation is 1. The first-order valence-corrected chi connectivity index (χ1v) is 7.13. The van der Waals surface area contributed by atoms with E-state index in [9.17, 15) is 4.79 Å². The summed E-state index contributed by atoms with van der Waals surface area (Å²) >= 11 is 0. The minimum absolute atomic E-state index is 0.162. The number of rotatable bonds is 5. The lowest BCUT2D eigenvalue weighted by atomic mass is 10.2. The lowest BCUT2D eigenvalue weighted by Crippen LogP contribution is -2.21. The Morgan fingerprint density at radius 2 is 1.86 bits per heavy atom. The molecule has 2 rings (SSSR count). The summed E-state index contributed by atoms with van der Waals surface area (Å²) in [6.45, 7) is 6.17. The molecule has 0 spiro atoms. The molecule has 1 aromatic carbocycles. The second-order valence-corrected chi connectivity index (χ2v) is 4.94. The number of hydrogen-bond donors (Lipinski definition) is 2. The summed E-state index contributed by atoms with van der Waals surface area (Å²) < 4.78 is 1.72. The van der Waals surface area contributed by atoms with Crippen LogP contribution >= 0.6 is 0 Å². The average Bonchev–Trinajstić information content (AvgIpc) is 2.81. The van der Waals surface area contributed by atoms with Gasteiger partial charge in [-0.05, 0) is 44.2 Å². The fraction of sp³-hybridized carbons (Fsp3) is 0.312. The summed E-state index contributed by atoms with van der Waals surface area (Å²) in [7, 11) is 1.80. The van der Waals surface area contributed by atoms with Crippen LogP contribution in [0.4, 0.5) is 17.1 Å². The highest BCUT2D eigenvalue weighted by Crippen LogP contribution is 2.18. The van der Waals surface area contributed by atoms with E-state index in [-0.39, 0.29) is 5.91 Å².